The predicted molar refractivity (Wildman–Crippen MR) is 128 cm³/mol. The number of nitrogens with zero attached hydrogens (tertiary/aromatic N) is 2. The maximum absolute atomic E-state index is 13.8. The van der Waals surface area contributed by atoms with Crippen LogP contribution in [0.5, 0.6) is 0 Å². The Morgan fingerprint density at radius 2 is 1.97 bits per heavy atom. The SMILES string of the molecule is C=CCN1C(=O)N[C@H](c2ccccc2C(F)(F)F)C2=C1CN([C@H](C(=O)NCc1ccco1)C(C)C)C2=O. The van der Waals surface area contributed by atoms with Crippen molar-refractivity contribution in [2.24, 2.45) is 5.92 Å². The molecule has 2 N–H and O–H groups in total. The van der Waals surface area contributed by atoms with E-state index in [1.807, 2.05) is 0 Å². The summed E-state index contributed by atoms with van der Waals surface area (Å²) >= 11 is 0. The highest BCUT2D eigenvalue weighted by Crippen LogP contribution is 2.42. The summed E-state index contributed by atoms with van der Waals surface area (Å²) in [5, 5.41) is 5.32. The lowest BCUT2D eigenvalue weighted by Crippen LogP contribution is -2.51. The molecule has 2 atom stereocenters. The molecule has 11 heteroatoms. The molecular formula is C26H27F3N4O4. The Balaban J connectivity index is 1.72. The zero-order valence-electron chi connectivity index (χ0n) is 20.3. The molecule has 2 aliphatic heterocycles. The third-order valence-corrected chi connectivity index (χ3v) is 6.39. The van der Waals surface area contributed by atoms with Gasteiger partial charge in [0.25, 0.3) is 5.91 Å². The fraction of sp³-hybridized carbons (Fsp3) is 0.346. The monoisotopic (exact) mass is 516 g/mol. The first kappa shape index (κ1) is 26.1. The van der Waals surface area contributed by atoms with Gasteiger partial charge in [-0.25, -0.2) is 4.79 Å². The zero-order valence-corrected chi connectivity index (χ0v) is 20.3. The third kappa shape index (κ3) is 4.98. The van der Waals surface area contributed by atoms with Crippen LogP contribution in [0.3, 0.4) is 0 Å². The lowest BCUT2D eigenvalue weighted by molar-refractivity contribution is -0.139. The van der Waals surface area contributed by atoms with Crippen molar-refractivity contribution in [2.45, 2.75) is 38.7 Å². The average molecular weight is 517 g/mol. The van der Waals surface area contributed by atoms with E-state index < -0.39 is 41.7 Å². The minimum atomic E-state index is -4.70. The van der Waals surface area contributed by atoms with Crippen molar-refractivity contribution < 1.29 is 32.0 Å². The van der Waals surface area contributed by atoms with Gasteiger partial charge in [0.2, 0.25) is 5.91 Å². The van der Waals surface area contributed by atoms with E-state index in [1.165, 1.54) is 40.3 Å². The number of hydrogen-bond donors (Lipinski definition) is 2. The number of alkyl halides is 3. The number of rotatable bonds is 8. The number of urea groups is 1. The molecule has 0 aliphatic carbocycles. The van der Waals surface area contributed by atoms with Gasteiger partial charge in [0.15, 0.2) is 0 Å². The first-order chi connectivity index (χ1) is 17.5. The molecule has 4 amide bonds. The molecule has 3 heterocycles. The largest absolute Gasteiger partial charge is 0.467 e. The lowest BCUT2D eigenvalue weighted by Gasteiger charge is -2.33. The smallest absolute Gasteiger partial charge is 0.416 e. The molecular weight excluding hydrogens is 489 g/mol. The fourth-order valence-corrected chi connectivity index (χ4v) is 4.80. The molecule has 2 aliphatic rings. The van der Waals surface area contributed by atoms with Crippen LogP contribution in [0.15, 0.2) is 71.0 Å². The van der Waals surface area contributed by atoms with Crippen molar-refractivity contribution in [1.29, 1.82) is 0 Å². The Labute approximate surface area is 211 Å². The zero-order chi connectivity index (χ0) is 26.9. The van der Waals surface area contributed by atoms with Crippen LogP contribution in [0.2, 0.25) is 0 Å². The number of amides is 4. The molecule has 37 heavy (non-hydrogen) atoms. The van der Waals surface area contributed by atoms with Gasteiger partial charge in [-0.05, 0) is 29.7 Å². The van der Waals surface area contributed by atoms with E-state index in [9.17, 15) is 27.6 Å². The van der Waals surface area contributed by atoms with Crippen LogP contribution >= 0.6 is 0 Å². The molecule has 8 nitrogen and oxygen atoms in total. The molecule has 0 saturated heterocycles. The highest BCUT2D eigenvalue weighted by atomic mass is 19.4. The Hall–Kier alpha value is -4.02. The summed E-state index contributed by atoms with van der Waals surface area (Å²) < 4.78 is 46.8. The molecule has 1 aromatic heterocycles. The summed E-state index contributed by atoms with van der Waals surface area (Å²) in [7, 11) is 0. The van der Waals surface area contributed by atoms with Gasteiger partial charge in [-0.3, -0.25) is 14.5 Å². The Kier molecular flexibility index (Phi) is 7.15. The minimum Gasteiger partial charge on any atom is -0.467 e. The number of furan rings is 1. The van der Waals surface area contributed by atoms with Crippen LogP contribution in [-0.4, -0.2) is 46.8 Å². The van der Waals surface area contributed by atoms with Gasteiger partial charge in [0.05, 0.1) is 42.2 Å². The predicted octanol–water partition coefficient (Wildman–Crippen LogP) is 3.99. The topological polar surface area (TPSA) is 94.9 Å². The van der Waals surface area contributed by atoms with Gasteiger partial charge in [0, 0.05) is 6.54 Å². The summed E-state index contributed by atoms with van der Waals surface area (Å²) in [6.45, 7) is 7.20. The maximum Gasteiger partial charge on any atom is 0.416 e. The molecule has 0 fully saturated rings. The van der Waals surface area contributed by atoms with Gasteiger partial charge in [-0.2, -0.15) is 13.2 Å². The average Bonchev–Trinajstić information content (AvgIpc) is 3.47. The minimum absolute atomic E-state index is 0.00244. The van der Waals surface area contributed by atoms with E-state index in [0.717, 1.165) is 6.07 Å². The molecule has 196 valence electrons. The van der Waals surface area contributed by atoms with Crippen LogP contribution in [-0.2, 0) is 22.3 Å². The van der Waals surface area contributed by atoms with Crippen molar-refractivity contribution in [2.75, 3.05) is 13.1 Å². The molecule has 1 aromatic carbocycles. The van der Waals surface area contributed by atoms with E-state index in [4.69, 9.17) is 4.42 Å². The van der Waals surface area contributed by atoms with Crippen molar-refractivity contribution in [3.8, 4) is 0 Å². The molecule has 0 bridgehead atoms. The number of benzene rings is 1. The van der Waals surface area contributed by atoms with Crippen molar-refractivity contribution >= 4 is 17.8 Å². The molecule has 0 spiro atoms. The van der Waals surface area contributed by atoms with E-state index in [0.29, 0.717) is 5.76 Å². The Morgan fingerprint density at radius 3 is 2.59 bits per heavy atom. The maximum atomic E-state index is 13.8. The highest BCUT2D eigenvalue weighted by Gasteiger charge is 2.49. The van der Waals surface area contributed by atoms with Gasteiger partial charge < -0.3 is 20.0 Å². The van der Waals surface area contributed by atoms with Crippen molar-refractivity contribution in [3.05, 3.63) is 83.5 Å². The standard InChI is InChI=1S/C26H27F3N4O4/c1-4-11-32-19-14-33(22(15(2)3)23(34)30-13-16-8-7-12-37-16)24(35)20(19)21(31-25(32)36)17-9-5-6-10-18(17)26(27,28)29/h4-10,12,15,21-22H,1,11,13-14H2,2-3H3,(H,30,34)(H,31,36)/t21-,22+/m1/s1. The molecule has 0 radical (unpaired) electrons. The van der Waals surface area contributed by atoms with Crippen molar-refractivity contribution in [1.82, 2.24) is 20.4 Å². The Bertz CT molecular complexity index is 1240. The molecule has 4 rings (SSSR count). The second kappa shape index (κ2) is 10.2. The lowest BCUT2D eigenvalue weighted by atomic mass is 9.91. The summed E-state index contributed by atoms with van der Waals surface area (Å²) in [6, 6.07) is 5.27. The third-order valence-electron chi connectivity index (χ3n) is 6.39. The summed E-state index contributed by atoms with van der Waals surface area (Å²) in [4.78, 5) is 42.6. The van der Waals surface area contributed by atoms with Gasteiger partial charge >= 0.3 is 12.2 Å². The number of halogens is 3. The van der Waals surface area contributed by atoms with Crippen LogP contribution in [0.4, 0.5) is 18.0 Å². The van der Waals surface area contributed by atoms with E-state index >= 15 is 0 Å². The van der Waals surface area contributed by atoms with Crippen LogP contribution in [0.25, 0.3) is 0 Å². The number of carbonyl (C=O) groups excluding carboxylic acids is 3. The van der Waals surface area contributed by atoms with Crippen LogP contribution in [0.1, 0.15) is 36.8 Å². The van der Waals surface area contributed by atoms with E-state index in [2.05, 4.69) is 17.2 Å². The Morgan fingerprint density at radius 1 is 1.24 bits per heavy atom. The molecule has 0 unspecified atom stereocenters. The van der Waals surface area contributed by atoms with E-state index in [-0.39, 0.29) is 42.4 Å². The quantitative estimate of drug-likeness (QED) is 0.519. The normalized spacial score (nSPS) is 18.7. The van der Waals surface area contributed by atoms with Gasteiger partial charge in [0.1, 0.15) is 11.8 Å². The second-order valence-electron chi connectivity index (χ2n) is 9.15. The summed E-state index contributed by atoms with van der Waals surface area (Å²) in [6.07, 6.45) is -1.77. The fourth-order valence-electron chi connectivity index (χ4n) is 4.80. The number of hydrogen-bond acceptors (Lipinski definition) is 4. The highest BCUT2D eigenvalue weighted by molar-refractivity contribution is 6.03. The van der Waals surface area contributed by atoms with Gasteiger partial charge in [-0.15, -0.1) is 6.58 Å². The van der Waals surface area contributed by atoms with Crippen LogP contribution in [0, 0.1) is 5.92 Å². The first-order valence-corrected chi connectivity index (χ1v) is 11.7. The number of carbonyl (C=O) groups is 3. The summed E-state index contributed by atoms with van der Waals surface area (Å²) in [5.74, 6) is -0.865. The second-order valence-corrected chi connectivity index (χ2v) is 9.15. The summed E-state index contributed by atoms with van der Waals surface area (Å²) in [5.41, 5.74) is -0.942. The van der Waals surface area contributed by atoms with Crippen LogP contribution < -0.4 is 10.6 Å². The van der Waals surface area contributed by atoms with Crippen molar-refractivity contribution in [3.63, 3.8) is 0 Å². The first-order valence-electron chi connectivity index (χ1n) is 11.7. The van der Waals surface area contributed by atoms with E-state index in [1.54, 1.807) is 26.0 Å². The molecule has 2 aromatic rings. The molecule has 0 saturated carbocycles. The van der Waals surface area contributed by atoms with Gasteiger partial charge in [-0.1, -0.05) is 38.1 Å². The number of nitrogens with one attached hydrogen (secondary N) is 2.